The molecular weight excluding hydrogens is 423 g/mol. The van der Waals surface area contributed by atoms with Crippen molar-refractivity contribution < 1.29 is 23.8 Å². The number of hydrogen-bond acceptors (Lipinski definition) is 5. The molecule has 0 bridgehead atoms. The second-order valence-corrected chi connectivity index (χ2v) is 8.45. The lowest BCUT2D eigenvalue weighted by Crippen LogP contribution is -2.35. The summed E-state index contributed by atoms with van der Waals surface area (Å²) in [6.07, 6.45) is 0.272. The molecule has 1 saturated heterocycles. The molecule has 0 aromatic heterocycles. The minimum atomic E-state index is -1.39. The molecule has 1 aliphatic rings. The fraction of sp³-hybridized carbons (Fsp3) is 0.385. The molecule has 0 radical (unpaired) electrons. The maximum atomic E-state index is 14.6. The van der Waals surface area contributed by atoms with E-state index >= 15 is 0 Å². The Hall–Kier alpha value is -3.03. The third-order valence-electron chi connectivity index (χ3n) is 5.75. The summed E-state index contributed by atoms with van der Waals surface area (Å²) in [5.41, 5.74) is 2.12. The number of carboxylic acid groups (broad SMARTS) is 1. The molecule has 3 rings (SSSR count). The quantitative estimate of drug-likeness (QED) is 0.245. The van der Waals surface area contributed by atoms with E-state index in [9.17, 15) is 19.1 Å². The Balaban J connectivity index is 1.90. The number of nitrogens with one attached hydrogen (secondary N) is 1. The van der Waals surface area contributed by atoms with Gasteiger partial charge in [0.2, 0.25) is 5.78 Å². The molecule has 0 atom stereocenters. The summed E-state index contributed by atoms with van der Waals surface area (Å²) in [4.78, 5) is 27.5. The molecule has 176 valence electrons. The molecule has 0 aliphatic carbocycles. The number of morpholine rings is 1. The number of aliphatic carboxylic acids is 1. The van der Waals surface area contributed by atoms with Crippen molar-refractivity contribution in [3.63, 3.8) is 0 Å². The van der Waals surface area contributed by atoms with E-state index in [2.05, 4.69) is 24.1 Å². The van der Waals surface area contributed by atoms with Crippen LogP contribution in [0, 0.1) is 5.82 Å². The first-order chi connectivity index (χ1) is 15.8. The minimum absolute atomic E-state index is 0.235. The predicted octanol–water partition coefficient (Wildman–Crippen LogP) is 4.82. The first kappa shape index (κ1) is 24.6. The number of carbonyl (C=O) groups excluding carboxylic acids is 1. The number of halogens is 1. The van der Waals surface area contributed by atoms with Gasteiger partial charge in [-0.3, -0.25) is 9.69 Å². The number of benzene rings is 2. The van der Waals surface area contributed by atoms with Gasteiger partial charge in [0.05, 0.1) is 18.8 Å². The molecular formula is C26H31FN2O4. The van der Waals surface area contributed by atoms with Crippen LogP contribution in [0.25, 0.3) is 0 Å². The molecule has 7 heteroatoms. The topological polar surface area (TPSA) is 78.9 Å². The SMILES string of the molecule is CCC(Nc1ccc(C(C)C)cc1)=C(C(=O)O)C(=O)c1cc(CN2CCOCC2)ccc1F. The van der Waals surface area contributed by atoms with Gasteiger partial charge in [0.25, 0.3) is 0 Å². The van der Waals surface area contributed by atoms with Crippen LogP contribution in [0.15, 0.2) is 53.7 Å². The van der Waals surface area contributed by atoms with E-state index in [1.54, 1.807) is 13.0 Å². The lowest BCUT2D eigenvalue weighted by molar-refractivity contribution is -0.132. The molecule has 2 N–H and O–H groups in total. The first-order valence-corrected chi connectivity index (χ1v) is 11.3. The van der Waals surface area contributed by atoms with Crippen LogP contribution >= 0.6 is 0 Å². The van der Waals surface area contributed by atoms with Crippen LogP contribution in [0.1, 0.15) is 54.6 Å². The maximum absolute atomic E-state index is 14.6. The highest BCUT2D eigenvalue weighted by Gasteiger charge is 2.26. The minimum Gasteiger partial charge on any atom is -0.477 e. The van der Waals surface area contributed by atoms with E-state index in [0.717, 1.165) is 24.2 Å². The molecule has 33 heavy (non-hydrogen) atoms. The highest BCUT2D eigenvalue weighted by atomic mass is 19.1. The molecule has 0 spiro atoms. The summed E-state index contributed by atoms with van der Waals surface area (Å²) in [5.74, 6) is -2.60. The van der Waals surface area contributed by atoms with Gasteiger partial charge in [-0.25, -0.2) is 9.18 Å². The number of nitrogens with zero attached hydrogens (tertiary/aromatic N) is 1. The summed E-state index contributed by atoms with van der Waals surface area (Å²) >= 11 is 0. The monoisotopic (exact) mass is 454 g/mol. The Morgan fingerprint density at radius 1 is 1.12 bits per heavy atom. The Bertz CT molecular complexity index is 1030. The van der Waals surface area contributed by atoms with Crippen LogP contribution in [0.3, 0.4) is 0 Å². The van der Waals surface area contributed by atoms with Crippen LogP contribution in [-0.4, -0.2) is 48.1 Å². The molecule has 0 saturated carbocycles. The van der Waals surface area contributed by atoms with E-state index in [0.29, 0.717) is 31.4 Å². The average molecular weight is 455 g/mol. The van der Waals surface area contributed by atoms with Gasteiger partial charge in [0.1, 0.15) is 11.4 Å². The number of ether oxygens (including phenoxy) is 1. The fourth-order valence-electron chi connectivity index (χ4n) is 3.81. The lowest BCUT2D eigenvalue weighted by Gasteiger charge is -2.26. The summed E-state index contributed by atoms with van der Waals surface area (Å²) in [6, 6.07) is 11.9. The van der Waals surface area contributed by atoms with Crippen molar-refractivity contribution in [3.05, 3.63) is 76.2 Å². The van der Waals surface area contributed by atoms with Gasteiger partial charge < -0.3 is 15.2 Å². The Labute approximate surface area is 194 Å². The summed E-state index contributed by atoms with van der Waals surface area (Å²) in [7, 11) is 0. The van der Waals surface area contributed by atoms with Gasteiger partial charge in [-0.15, -0.1) is 0 Å². The number of carboxylic acids is 1. The average Bonchev–Trinajstić information content (AvgIpc) is 2.80. The lowest BCUT2D eigenvalue weighted by atomic mass is 9.97. The Morgan fingerprint density at radius 2 is 1.79 bits per heavy atom. The molecule has 2 aromatic carbocycles. The highest BCUT2D eigenvalue weighted by Crippen LogP contribution is 2.23. The van der Waals surface area contributed by atoms with Gasteiger partial charge in [-0.1, -0.05) is 39.0 Å². The fourth-order valence-corrected chi connectivity index (χ4v) is 3.81. The zero-order valence-corrected chi connectivity index (χ0v) is 19.4. The van der Waals surface area contributed by atoms with E-state index in [1.165, 1.54) is 12.1 Å². The normalized spacial score (nSPS) is 15.3. The summed E-state index contributed by atoms with van der Waals surface area (Å²) in [5, 5.41) is 12.9. The zero-order chi connectivity index (χ0) is 24.0. The van der Waals surface area contributed by atoms with E-state index in [1.807, 2.05) is 24.3 Å². The van der Waals surface area contributed by atoms with Crippen molar-refractivity contribution in [1.82, 2.24) is 4.90 Å². The second kappa shape index (κ2) is 11.2. The molecule has 1 heterocycles. The molecule has 6 nitrogen and oxygen atoms in total. The number of rotatable bonds is 9. The number of allylic oxidation sites excluding steroid dienone is 1. The zero-order valence-electron chi connectivity index (χ0n) is 19.4. The van der Waals surface area contributed by atoms with Gasteiger partial charge in [0, 0.05) is 31.0 Å². The van der Waals surface area contributed by atoms with Gasteiger partial charge in [-0.2, -0.15) is 0 Å². The third kappa shape index (κ3) is 6.27. The summed E-state index contributed by atoms with van der Waals surface area (Å²) in [6.45, 7) is 9.22. The van der Waals surface area contributed by atoms with Crippen molar-refractivity contribution in [3.8, 4) is 0 Å². The number of hydrogen-bond donors (Lipinski definition) is 2. The highest BCUT2D eigenvalue weighted by molar-refractivity contribution is 6.24. The van der Waals surface area contributed by atoms with Crippen molar-refractivity contribution in [2.75, 3.05) is 31.6 Å². The van der Waals surface area contributed by atoms with E-state index in [4.69, 9.17) is 4.74 Å². The third-order valence-corrected chi connectivity index (χ3v) is 5.75. The Kier molecular flexibility index (Phi) is 8.36. The maximum Gasteiger partial charge on any atom is 0.341 e. The number of carbonyl (C=O) groups is 2. The van der Waals surface area contributed by atoms with Crippen LogP contribution in [-0.2, 0) is 16.1 Å². The van der Waals surface area contributed by atoms with Gasteiger partial charge in [-0.05, 0) is 47.7 Å². The smallest absolute Gasteiger partial charge is 0.341 e. The standard InChI is InChI=1S/C26H31FN2O4/c1-4-23(28-20-8-6-19(7-9-20)17(2)3)24(26(31)32)25(30)21-15-18(5-10-22(21)27)16-29-11-13-33-14-12-29/h5-10,15,17,28H,4,11-14,16H2,1-3H3,(H,31,32). The van der Waals surface area contributed by atoms with Crippen molar-refractivity contribution in [2.24, 2.45) is 0 Å². The molecule has 1 aliphatic heterocycles. The summed E-state index contributed by atoms with van der Waals surface area (Å²) < 4.78 is 20.0. The molecule has 0 unspecified atom stereocenters. The number of Topliss-reactive ketones (excluding diaryl/α,β-unsaturated/α-hetero) is 1. The predicted molar refractivity (Wildman–Crippen MR) is 126 cm³/mol. The number of anilines is 1. The largest absolute Gasteiger partial charge is 0.477 e. The van der Waals surface area contributed by atoms with Crippen molar-refractivity contribution >= 4 is 17.4 Å². The molecule has 0 amide bonds. The molecule has 2 aromatic rings. The van der Waals surface area contributed by atoms with E-state index in [-0.39, 0.29) is 17.7 Å². The van der Waals surface area contributed by atoms with Gasteiger partial charge >= 0.3 is 5.97 Å². The van der Waals surface area contributed by atoms with Crippen LogP contribution in [0.4, 0.5) is 10.1 Å². The second-order valence-electron chi connectivity index (χ2n) is 8.45. The van der Waals surface area contributed by atoms with Crippen molar-refractivity contribution in [1.29, 1.82) is 0 Å². The Morgan fingerprint density at radius 3 is 2.36 bits per heavy atom. The van der Waals surface area contributed by atoms with Crippen LogP contribution in [0.2, 0.25) is 0 Å². The van der Waals surface area contributed by atoms with Crippen LogP contribution in [0.5, 0.6) is 0 Å². The van der Waals surface area contributed by atoms with Gasteiger partial charge in [0.15, 0.2) is 0 Å². The van der Waals surface area contributed by atoms with Crippen molar-refractivity contribution in [2.45, 2.75) is 39.7 Å². The van der Waals surface area contributed by atoms with Crippen LogP contribution < -0.4 is 5.32 Å². The van der Waals surface area contributed by atoms with E-state index < -0.39 is 23.1 Å². The molecule has 1 fully saturated rings. The first-order valence-electron chi connectivity index (χ1n) is 11.3. The number of ketones is 1.